The van der Waals surface area contributed by atoms with Crippen LogP contribution in [0, 0.1) is 0 Å². The largest absolute Gasteiger partial charge is 0.461 e. The predicted molar refractivity (Wildman–Crippen MR) is 87.4 cm³/mol. The summed E-state index contributed by atoms with van der Waals surface area (Å²) >= 11 is 0. The molecule has 0 spiro atoms. The van der Waals surface area contributed by atoms with Crippen molar-refractivity contribution in [1.82, 2.24) is 4.90 Å². The van der Waals surface area contributed by atoms with Gasteiger partial charge in [0.15, 0.2) is 0 Å². The predicted octanol–water partition coefficient (Wildman–Crippen LogP) is 3.33. The molecule has 0 amide bonds. The molecule has 21 heavy (non-hydrogen) atoms. The number of esters is 1. The number of nitrogens with zero attached hydrogens (tertiary/aromatic N) is 1. The summed E-state index contributed by atoms with van der Waals surface area (Å²) < 4.78 is 5.34. The lowest BCUT2D eigenvalue weighted by molar-refractivity contribution is 0.0460. The van der Waals surface area contributed by atoms with E-state index in [2.05, 4.69) is 18.7 Å². The number of nitrogen functional groups attached to an aromatic ring is 1. The van der Waals surface area contributed by atoms with E-state index in [9.17, 15) is 4.79 Å². The second kappa shape index (κ2) is 10.2. The van der Waals surface area contributed by atoms with Gasteiger partial charge in [0.1, 0.15) is 6.61 Å². The number of anilines is 1. The minimum atomic E-state index is -0.277. The molecular formula is C17H28N2O2. The van der Waals surface area contributed by atoms with Gasteiger partial charge >= 0.3 is 5.97 Å². The summed E-state index contributed by atoms with van der Waals surface area (Å²) in [6.07, 6.45) is 4.76. The number of rotatable bonds is 10. The van der Waals surface area contributed by atoms with Gasteiger partial charge in [0.05, 0.1) is 5.56 Å². The Hall–Kier alpha value is -1.55. The van der Waals surface area contributed by atoms with Crippen molar-refractivity contribution in [2.45, 2.75) is 39.5 Å². The molecule has 0 atom stereocenters. The Morgan fingerprint density at radius 3 is 2.14 bits per heavy atom. The third-order valence-corrected chi connectivity index (χ3v) is 3.44. The maximum Gasteiger partial charge on any atom is 0.338 e. The van der Waals surface area contributed by atoms with Crippen LogP contribution in [0.2, 0.25) is 0 Å². The molecule has 4 nitrogen and oxygen atoms in total. The lowest BCUT2D eigenvalue weighted by atomic mass is 10.2. The van der Waals surface area contributed by atoms with Crippen molar-refractivity contribution >= 4 is 11.7 Å². The third-order valence-electron chi connectivity index (χ3n) is 3.44. The van der Waals surface area contributed by atoms with E-state index in [0.29, 0.717) is 17.9 Å². The molecule has 4 heteroatoms. The van der Waals surface area contributed by atoms with Gasteiger partial charge < -0.3 is 10.5 Å². The average molecular weight is 292 g/mol. The minimum absolute atomic E-state index is 0.277. The molecule has 0 unspecified atom stereocenters. The highest BCUT2D eigenvalue weighted by molar-refractivity contribution is 5.89. The maximum atomic E-state index is 11.9. The van der Waals surface area contributed by atoms with Crippen LogP contribution in [0.1, 0.15) is 49.9 Å². The summed E-state index contributed by atoms with van der Waals surface area (Å²) in [5, 5.41) is 0. The Kier molecular flexibility index (Phi) is 8.51. The van der Waals surface area contributed by atoms with E-state index in [4.69, 9.17) is 10.5 Å². The molecule has 2 N–H and O–H groups in total. The first kappa shape index (κ1) is 17.5. The van der Waals surface area contributed by atoms with Gasteiger partial charge in [-0.25, -0.2) is 4.79 Å². The molecule has 0 aliphatic heterocycles. The number of nitrogens with two attached hydrogens (primary N) is 1. The summed E-state index contributed by atoms with van der Waals surface area (Å²) in [4.78, 5) is 14.3. The Bertz CT molecular complexity index is 396. The van der Waals surface area contributed by atoms with Crippen molar-refractivity contribution < 1.29 is 9.53 Å². The molecule has 1 rings (SSSR count). The fourth-order valence-electron chi connectivity index (χ4n) is 2.07. The summed E-state index contributed by atoms with van der Waals surface area (Å²) in [6.45, 7) is 7.79. The molecule has 0 saturated heterocycles. The van der Waals surface area contributed by atoms with Crippen LogP contribution in [-0.4, -0.2) is 37.1 Å². The third kappa shape index (κ3) is 7.14. The summed E-state index contributed by atoms with van der Waals surface area (Å²) in [5.41, 5.74) is 6.80. The van der Waals surface area contributed by atoms with Crippen LogP contribution in [0.3, 0.4) is 0 Å². The van der Waals surface area contributed by atoms with Crippen molar-refractivity contribution in [2.24, 2.45) is 0 Å². The Morgan fingerprint density at radius 2 is 1.62 bits per heavy atom. The molecule has 0 fully saturated rings. The van der Waals surface area contributed by atoms with E-state index in [0.717, 1.165) is 19.6 Å². The zero-order chi connectivity index (χ0) is 15.5. The number of ether oxygens (including phenoxy) is 1. The van der Waals surface area contributed by atoms with Gasteiger partial charge in [-0.1, -0.05) is 26.7 Å². The first-order valence-electron chi connectivity index (χ1n) is 7.92. The highest BCUT2D eigenvalue weighted by atomic mass is 16.5. The van der Waals surface area contributed by atoms with Crippen molar-refractivity contribution in [1.29, 1.82) is 0 Å². The lowest BCUT2D eigenvalue weighted by Crippen LogP contribution is -2.30. The van der Waals surface area contributed by atoms with Gasteiger partial charge in [-0.3, -0.25) is 4.90 Å². The second-order valence-electron chi connectivity index (χ2n) is 5.31. The van der Waals surface area contributed by atoms with Gasteiger partial charge in [0, 0.05) is 12.2 Å². The van der Waals surface area contributed by atoms with Gasteiger partial charge in [-0.15, -0.1) is 0 Å². The minimum Gasteiger partial charge on any atom is -0.461 e. The van der Waals surface area contributed by atoms with E-state index < -0.39 is 0 Å². The zero-order valence-corrected chi connectivity index (χ0v) is 13.3. The summed E-state index contributed by atoms with van der Waals surface area (Å²) in [6, 6.07) is 6.82. The molecule has 118 valence electrons. The number of hydrogen-bond donors (Lipinski definition) is 1. The standard InChI is InChI=1S/C17H28N2O2/c1-3-5-11-19(12-6-4-2)13-14-21-17(20)15-7-9-16(18)10-8-15/h7-10H,3-6,11-14,18H2,1-2H3. The van der Waals surface area contributed by atoms with Gasteiger partial charge in [0.25, 0.3) is 0 Å². The highest BCUT2D eigenvalue weighted by Gasteiger charge is 2.08. The first-order chi connectivity index (χ1) is 10.2. The maximum absolute atomic E-state index is 11.9. The van der Waals surface area contributed by atoms with E-state index >= 15 is 0 Å². The van der Waals surface area contributed by atoms with Crippen LogP contribution in [0.4, 0.5) is 5.69 Å². The summed E-state index contributed by atoms with van der Waals surface area (Å²) in [5.74, 6) is -0.277. The molecule has 0 aromatic heterocycles. The smallest absolute Gasteiger partial charge is 0.338 e. The molecule has 0 aliphatic rings. The number of carbonyl (C=O) groups excluding carboxylic acids is 1. The van der Waals surface area contributed by atoms with Crippen LogP contribution >= 0.6 is 0 Å². The quantitative estimate of drug-likeness (QED) is 0.531. The van der Waals surface area contributed by atoms with Gasteiger partial charge in [0.2, 0.25) is 0 Å². The van der Waals surface area contributed by atoms with E-state index in [1.54, 1.807) is 24.3 Å². The highest BCUT2D eigenvalue weighted by Crippen LogP contribution is 2.07. The molecule has 0 bridgehead atoms. The monoisotopic (exact) mass is 292 g/mol. The van der Waals surface area contributed by atoms with E-state index in [1.165, 1.54) is 25.7 Å². The van der Waals surface area contributed by atoms with Crippen molar-refractivity contribution in [3.63, 3.8) is 0 Å². The lowest BCUT2D eigenvalue weighted by Gasteiger charge is -2.21. The second-order valence-corrected chi connectivity index (χ2v) is 5.31. The Morgan fingerprint density at radius 1 is 1.05 bits per heavy atom. The molecule has 0 saturated carbocycles. The first-order valence-corrected chi connectivity index (χ1v) is 7.92. The van der Waals surface area contributed by atoms with E-state index in [-0.39, 0.29) is 5.97 Å². The molecular weight excluding hydrogens is 264 g/mol. The SMILES string of the molecule is CCCCN(CCCC)CCOC(=O)c1ccc(N)cc1. The fourth-order valence-corrected chi connectivity index (χ4v) is 2.07. The molecule has 1 aromatic carbocycles. The summed E-state index contributed by atoms with van der Waals surface area (Å²) in [7, 11) is 0. The average Bonchev–Trinajstić information content (AvgIpc) is 2.50. The van der Waals surface area contributed by atoms with Crippen molar-refractivity contribution in [2.75, 3.05) is 32.0 Å². The number of hydrogen-bond acceptors (Lipinski definition) is 4. The normalized spacial score (nSPS) is 10.8. The van der Waals surface area contributed by atoms with Crippen LogP contribution in [0.15, 0.2) is 24.3 Å². The fraction of sp³-hybridized carbons (Fsp3) is 0.588. The van der Waals surface area contributed by atoms with Gasteiger partial charge in [-0.05, 0) is 50.2 Å². The number of carbonyl (C=O) groups is 1. The van der Waals surface area contributed by atoms with Crippen LogP contribution < -0.4 is 5.73 Å². The molecule has 0 aliphatic carbocycles. The van der Waals surface area contributed by atoms with Crippen LogP contribution in [0.5, 0.6) is 0 Å². The number of benzene rings is 1. The van der Waals surface area contributed by atoms with E-state index in [1.807, 2.05) is 0 Å². The number of unbranched alkanes of at least 4 members (excludes halogenated alkanes) is 2. The molecule has 0 heterocycles. The van der Waals surface area contributed by atoms with Crippen molar-refractivity contribution in [3.8, 4) is 0 Å². The van der Waals surface area contributed by atoms with Gasteiger partial charge in [-0.2, -0.15) is 0 Å². The Labute approximate surface area is 128 Å². The topological polar surface area (TPSA) is 55.6 Å². The van der Waals surface area contributed by atoms with Crippen molar-refractivity contribution in [3.05, 3.63) is 29.8 Å². The molecule has 0 radical (unpaired) electrons. The zero-order valence-electron chi connectivity index (χ0n) is 13.3. The molecule has 1 aromatic rings. The van der Waals surface area contributed by atoms with Crippen LogP contribution in [-0.2, 0) is 4.74 Å². The van der Waals surface area contributed by atoms with Crippen LogP contribution in [0.25, 0.3) is 0 Å². The Balaban J connectivity index is 2.34.